The molecule has 0 spiro atoms. The predicted octanol–water partition coefficient (Wildman–Crippen LogP) is 2.30. The molecule has 0 saturated carbocycles. The van der Waals surface area contributed by atoms with Gasteiger partial charge in [-0.1, -0.05) is 23.2 Å². The molecule has 0 aliphatic rings. The van der Waals surface area contributed by atoms with Gasteiger partial charge in [0.25, 0.3) is 0 Å². The van der Waals surface area contributed by atoms with Gasteiger partial charge in [0.2, 0.25) is 0 Å². The third-order valence-electron chi connectivity index (χ3n) is 1.43. The quantitative estimate of drug-likeness (QED) is 0.684. The number of rotatable bonds is 1. The number of aromatic nitrogens is 1. The van der Waals surface area contributed by atoms with Crippen LogP contribution in [0.25, 0.3) is 0 Å². The van der Waals surface area contributed by atoms with Crippen molar-refractivity contribution in [3.8, 4) is 0 Å². The molecular formula is C8H5Cl2F3N2O4. The average Bonchev–Trinajstić information content (AvgIpc) is 2.13. The van der Waals surface area contributed by atoms with Gasteiger partial charge in [0.15, 0.2) is 0 Å². The minimum absolute atomic E-state index is 0.00694. The zero-order valence-corrected chi connectivity index (χ0v) is 10.2. The lowest BCUT2D eigenvalue weighted by Gasteiger charge is -2.01. The first-order valence-electron chi connectivity index (χ1n) is 4.11. The number of nitrogen functional groups attached to an aromatic ring is 1. The number of anilines is 1. The summed E-state index contributed by atoms with van der Waals surface area (Å²) >= 11 is 10.9. The van der Waals surface area contributed by atoms with E-state index in [0.29, 0.717) is 0 Å². The Morgan fingerprint density at radius 2 is 1.68 bits per heavy atom. The number of carboxylic acids is 2. The lowest BCUT2D eigenvalue weighted by atomic mass is 10.2. The van der Waals surface area contributed by atoms with Crippen LogP contribution < -0.4 is 5.73 Å². The second kappa shape index (κ2) is 6.43. The van der Waals surface area contributed by atoms with E-state index < -0.39 is 18.1 Å². The molecule has 0 aliphatic carbocycles. The molecule has 11 heteroatoms. The van der Waals surface area contributed by atoms with Crippen LogP contribution in [0.4, 0.5) is 18.9 Å². The van der Waals surface area contributed by atoms with E-state index in [1.54, 1.807) is 0 Å². The molecule has 0 bridgehead atoms. The number of hydrogen-bond acceptors (Lipinski definition) is 4. The topological polar surface area (TPSA) is 114 Å². The Balaban J connectivity index is 0.000000399. The second-order valence-electron chi connectivity index (χ2n) is 2.81. The normalized spacial score (nSPS) is 10.4. The molecular weight excluding hydrogens is 316 g/mol. The summed E-state index contributed by atoms with van der Waals surface area (Å²) in [4.78, 5) is 22.9. The number of carbonyl (C=O) groups is 2. The van der Waals surface area contributed by atoms with E-state index in [-0.39, 0.29) is 21.6 Å². The van der Waals surface area contributed by atoms with E-state index in [1.807, 2.05) is 0 Å². The van der Waals surface area contributed by atoms with Gasteiger partial charge in [-0.3, -0.25) is 0 Å². The Bertz CT molecular complexity index is 484. The zero-order valence-electron chi connectivity index (χ0n) is 8.70. The number of alkyl halides is 3. The monoisotopic (exact) mass is 320 g/mol. The first-order chi connectivity index (χ1) is 8.46. The highest BCUT2D eigenvalue weighted by Crippen LogP contribution is 2.23. The van der Waals surface area contributed by atoms with Gasteiger partial charge in [-0.2, -0.15) is 13.2 Å². The number of carboxylic acid groups (broad SMARTS) is 2. The van der Waals surface area contributed by atoms with Crippen LogP contribution in [0, 0.1) is 0 Å². The summed E-state index contributed by atoms with van der Waals surface area (Å²) < 4.78 is 31.7. The van der Waals surface area contributed by atoms with Crippen molar-refractivity contribution in [1.82, 2.24) is 4.98 Å². The third kappa shape index (κ3) is 5.62. The van der Waals surface area contributed by atoms with Crippen molar-refractivity contribution in [2.45, 2.75) is 6.18 Å². The number of hydrogen-bond donors (Lipinski definition) is 3. The standard InChI is InChI=1S/C6H4Cl2N2O2.C2HF3O2/c7-3-1-2(9)4(6(11)12)5(8)10-3;3-2(4,5)1(6)7/h1H,(H2,9,10)(H,11,12);(H,6,7). The van der Waals surface area contributed by atoms with Gasteiger partial charge in [-0.05, 0) is 6.07 Å². The molecule has 0 saturated heterocycles. The smallest absolute Gasteiger partial charge is 0.478 e. The van der Waals surface area contributed by atoms with Gasteiger partial charge < -0.3 is 15.9 Å². The molecule has 0 unspecified atom stereocenters. The Hall–Kier alpha value is -1.74. The summed E-state index contributed by atoms with van der Waals surface area (Å²) in [7, 11) is 0. The van der Waals surface area contributed by atoms with Crippen LogP contribution in [0.1, 0.15) is 10.4 Å². The molecule has 1 rings (SSSR count). The maximum absolute atomic E-state index is 10.6. The molecule has 0 fully saturated rings. The number of nitrogens with zero attached hydrogens (tertiary/aromatic N) is 1. The fraction of sp³-hybridized carbons (Fsp3) is 0.125. The zero-order chi connectivity index (χ0) is 15.4. The number of halogens is 5. The molecule has 0 aromatic carbocycles. The summed E-state index contributed by atoms with van der Waals surface area (Å²) in [5, 5.41) is 15.6. The van der Waals surface area contributed by atoms with Crippen LogP contribution in [-0.4, -0.2) is 33.3 Å². The lowest BCUT2D eigenvalue weighted by molar-refractivity contribution is -0.192. The highest BCUT2D eigenvalue weighted by Gasteiger charge is 2.38. The maximum atomic E-state index is 10.6. The van der Waals surface area contributed by atoms with Crippen LogP contribution in [0.5, 0.6) is 0 Å². The fourth-order valence-electron chi connectivity index (χ4n) is 0.713. The molecule has 1 aromatic rings. The minimum atomic E-state index is -5.08. The molecule has 1 aromatic heterocycles. The predicted molar refractivity (Wildman–Crippen MR) is 59.3 cm³/mol. The largest absolute Gasteiger partial charge is 0.490 e. The number of nitrogens with two attached hydrogens (primary N) is 1. The van der Waals surface area contributed by atoms with Crippen molar-refractivity contribution in [1.29, 1.82) is 0 Å². The third-order valence-corrected chi connectivity index (χ3v) is 1.90. The van der Waals surface area contributed by atoms with Crippen LogP contribution in [0.3, 0.4) is 0 Å². The summed E-state index contributed by atoms with van der Waals surface area (Å²) in [6.07, 6.45) is -5.08. The van der Waals surface area contributed by atoms with Gasteiger partial charge >= 0.3 is 18.1 Å². The first kappa shape index (κ1) is 17.3. The number of aliphatic carboxylic acids is 1. The SMILES string of the molecule is Nc1cc(Cl)nc(Cl)c1C(=O)O.O=C(O)C(F)(F)F. The van der Waals surface area contributed by atoms with Crippen molar-refractivity contribution in [2.24, 2.45) is 0 Å². The van der Waals surface area contributed by atoms with Gasteiger partial charge in [0.1, 0.15) is 15.9 Å². The molecule has 19 heavy (non-hydrogen) atoms. The highest BCUT2D eigenvalue weighted by atomic mass is 35.5. The number of pyridine rings is 1. The van der Waals surface area contributed by atoms with Crippen LogP contribution in [0.15, 0.2) is 6.07 Å². The van der Waals surface area contributed by atoms with Crippen LogP contribution in [-0.2, 0) is 4.79 Å². The Morgan fingerprint density at radius 1 is 1.26 bits per heavy atom. The second-order valence-corrected chi connectivity index (χ2v) is 3.55. The molecule has 0 amide bonds. The highest BCUT2D eigenvalue weighted by molar-refractivity contribution is 6.35. The van der Waals surface area contributed by atoms with Crippen molar-refractivity contribution in [2.75, 3.05) is 5.73 Å². The van der Waals surface area contributed by atoms with E-state index in [2.05, 4.69) is 4.98 Å². The van der Waals surface area contributed by atoms with Crippen LogP contribution in [0.2, 0.25) is 10.3 Å². The van der Waals surface area contributed by atoms with Gasteiger partial charge in [-0.15, -0.1) is 0 Å². The van der Waals surface area contributed by atoms with Crippen LogP contribution >= 0.6 is 23.2 Å². The van der Waals surface area contributed by atoms with Gasteiger partial charge in [-0.25, -0.2) is 14.6 Å². The number of aromatic carboxylic acids is 1. The fourth-order valence-corrected chi connectivity index (χ4v) is 1.24. The van der Waals surface area contributed by atoms with E-state index in [0.717, 1.165) is 0 Å². The first-order valence-corrected chi connectivity index (χ1v) is 4.87. The van der Waals surface area contributed by atoms with Crippen molar-refractivity contribution >= 4 is 40.8 Å². The van der Waals surface area contributed by atoms with Crippen molar-refractivity contribution < 1.29 is 33.0 Å². The Morgan fingerprint density at radius 3 is 1.95 bits per heavy atom. The van der Waals surface area contributed by atoms with Crippen molar-refractivity contribution in [3.63, 3.8) is 0 Å². The molecule has 6 nitrogen and oxygen atoms in total. The van der Waals surface area contributed by atoms with E-state index >= 15 is 0 Å². The average molecular weight is 321 g/mol. The Labute approximate surface area is 113 Å². The van der Waals surface area contributed by atoms with Crippen molar-refractivity contribution in [3.05, 3.63) is 21.9 Å². The molecule has 0 aliphatic heterocycles. The van der Waals surface area contributed by atoms with E-state index in [9.17, 15) is 18.0 Å². The summed E-state index contributed by atoms with van der Waals surface area (Å²) in [5.74, 6) is -3.98. The molecule has 4 N–H and O–H groups in total. The Kier molecular flexibility index (Phi) is 5.84. The molecule has 0 radical (unpaired) electrons. The van der Waals surface area contributed by atoms with E-state index in [4.69, 9.17) is 43.9 Å². The maximum Gasteiger partial charge on any atom is 0.490 e. The summed E-state index contributed by atoms with van der Waals surface area (Å²) in [6.45, 7) is 0. The van der Waals surface area contributed by atoms with Gasteiger partial charge in [0, 0.05) is 0 Å². The van der Waals surface area contributed by atoms with E-state index in [1.165, 1.54) is 6.07 Å². The summed E-state index contributed by atoms with van der Waals surface area (Å²) in [6, 6.07) is 1.23. The lowest BCUT2D eigenvalue weighted by Crippen LogP contribution is -2.21. The minimum Gasteiger partial charge on any atom is -0.478 e. The molecule has 0 atom stereocenters. The van der Waals surface area contributed by atoms with Gasteiger partial charge in [0.05, 0.1) is 5.69 Å². The molecule has 106 valence electrons. The molecule has 1 heterocycles. The summed E-state index contributed by atoms with van der Waals surface area (Å²) in [5.41, 5.74) is 5.12.